The molecule has 1 unspecified atom stereocenters. The fraction of sp³-hybridized carbons (Fsp3) is 0.167. The molecule has 0 fully saturated rings. The first-order chi connectivity index (χ1) is 10.2. The Labute approximate surface area is 124 Å². The van der Waals surface area contributed by atoms with Crippen molar-refractivity contribution < 1.29 is 9.90 Å². The lowest BCUT2D eigenvalue weighted by Gasteiger charge is -2.11. The van der Waals surface area contributed by atoms with Crippen LogP contribution in [-0.4, -0.2) is 24.2 Å². The maximum Gasteiger partial charge on any atom is 0.321 e. The smallest absolute Gasteiger partial charge is 0.321 e. The molecule has 2 aromatic carbocycles. The third-order valence-electron chi connectivity index (χ3n) is 3.31. The largest absolute Gasteiger partial charge is 0.480 e. The van der Waals surface area contributed by atoms with Crippen LogP contribution in [0.1, 0.15) is 16.7 Å². The third-order valence-corrected chi connectivity index (χ3v) is 3.31. The van der Waals surface area contributed by atoms with E-state index in [9.17, 15) is 4.79 Å². The summed E-state index contributed by atoms with van der Waals surface area (Å²) in [4.78, 5) is 11.1. The molecule has 3 heteroatoms. The van der Waals surface area contributed by atoms with Gasteiger partial charge in [0.15, 0.2) is 0 Å². The van der Waals surface area contributed by atoms with Crippen molar-refractivity contribution in [1.29, 1.82) is 0 Å². The fourth-order valence-electron chi connectivity index (χ4n) is 2.13. The number of nitrogens with one attached hydrogen (secondary N) is 1. The van der Waals surface area contributed by atoms with E-state index in [4.69, 9.17) is 5.11 Å². The van der Waals surface area contributed by atoms with E-state index < -0.39 is 12.0 Å². The number of hydrogen-bond donors (Lipinski definition) is 2. The van der Waals surface area contributed by atoms with Gasteiger partial charge in [-0.3, -0.25) is 4.79 Å². The highest BCUT2D eigenvalue weighted by Gasteiger charge is 2.14. The van der Waals surface area contributed by atoms with Gasteiger partial charge in [0.2, 0.25) is 0 Å². The van der Waals surface area contributed by atoms with Crippen molar-refractivity contribution >= 4 is 18.1 Å². The molecule has 0 aromatic heterocycles. The predicted molar refractivity (Wildman–Crippen MR) is 86.0 cm³/mol. The van der Waals surface area contributed by atoms with Crippen LogP contribution in [0.5, 0.6) is 0 Å². The minimum Gasteiger partial charge on any atom is -0.480 e. The normalized spacial score (nSPS) is 12.4. The van der Waals surface area contributed by atoms with E-state index >= 15 is 0 Å². The summed E-state index contributed by atoms with van der Waals surface area (Å²) in [6.07, 6.45) is 4.55. The molecular formula is C18H19NO2. The maximum absolute atomic E-state index is 11.1. The molecule has 2 rings (SSSR count). The number of carbonyl (C=O) groups is 1. The Morgan fingerprint density at radius 1 is 1.10 bits per heavy atom. The van der Waals surface area contributed by atoms with Crippen molar-refractivity contribution in [3.8, 4) is 0 Å². The van der Waals surface area contributed by atoms with Gasteiger partial charge >= 0.3 is 5.97 Å². The van der Waals surface area contributed by atoms with E-state index in [1.807, 2.05) is 66.7 Å². The molecule has 3 nitrogen and oxygen atoms in total. The van der Waals surface area contributed by atoms with E-state index in [2.05, 4.69) is 5.32 Å². The van der Waals surface area contributed by atoms with Gasteiger partial charge in [-0.2, -0.15) is 0 Å². The van der Waals surface area contributed by atoms with E-state index in [1.165, 1.54) is 0 Å². The molecule has 0 aliphatic rings. The van der Waals surface area contributed by atoms with Crippen LogP contribution in [0.25, 0.3) is 12.2 Å². The zero-order valence-corrected chi connectivity index (χ0v) is 12.0. The SMILES string of the molecule is CNC(Cc1cccc(/C=C\c2ccccc2)c1)C(=O)O. The van der Waals surface area contributed by atoms with Crippen LogP contribution < -0.4 is 5.32 Å². The molecule has 0 heterocycles. The summed E-state index contributed by atoms with van der Waals surface area (Å²) >= 11 is 0. The summed E-state index contributed by atoms with van der Waals surface area (Å²) in [7, 11) is 1.66. The van der Waals surface area contributed by atoms with Gasteiger partial charge in [0.1, 0.15) is 6.04 Å². The second kappa shape index (κ2) is 7.41. The molecule has 0 saturated carbocycles. The first-order valence-electron chi connectivity index (χ1n) is 6.91. The van der Waals surface area contributed by atoms with Crippen molar-refractivity contribution in [2.75, 3.05) is 7.05 Å². The Bertz CT molecular complexity index is 620. The summed E-state index contributed by atoms with van der Waals surface area (Å²) in [6, 6.07) is 17.5. The molecule has 0 aliphatic carbocycles. The average Bonchev–Trinajstić information content (AvgIpc) is 2.52. The minimum absolute atomic E-state index is 0.471. The molecule has 2 N–H and O–H groups in total. The van der Waals surface area contributed by atoms with Crippen molar-refractivity contribution in [2.24, 2.45) is 0 Å². The molecule has 0 saturated heterocycles. The van der Waals surface area contributed by atoms with Crippen LogP contribution in [0.2, 0.25) is 0 Å². The zero-order chi connectivity index (χ0) is 15.1. The lowest BCUT2D eigenvalue weighted by molar-refractivity contribution is -0.139. The Morgan fingerprint density at radius 3 is 2.43 bits per heavy atom. The van der Waals surface area contributed by atoms with Gasteiger partial charge in [-0.1, -0.05) is 66.7 Å². The number of carboxylic acids is 1. The molecule has 21 heavy (non-hydrogen) atoms. The van der Waals surface area contributed by atoms with Gasteiger partial charge < -0.3 is 10.4 Å². The first kappa shape index (κ1) is 15.0. The molecular weight excluding hydrogens is 262 g/mol. The van der Waals surface area contributed by atoms with Gasteiger partial charge in [-0.15, -0.1) is 0 Å². The predicted octanol–water partition coefficient (Wildman–Crippen LogP) is 3.07. The summed E-state index contributed by atoms with van der Waals surface area (Å²) in [6.45, 7) is 0. The van der Waals surface area contributed by atoms with E-state index in [-0.39, 0.29) is 0 Å². The standard InChI is InChI=1S/C18H19NO2/c1-19-17(18(20)21)13-16-9-5-8-15(12-16)11-10-14-6-3-2-4-7-14/h2-12,17,19H,13H2,1H3,(H,20,21)/b11-10-. The summed E-state index contributed by atoms with van der Waals surface area (Å²) in [5.74, 6) is -0.831. The number of rotatable bonds is 6. The molecule has 0 aliphatic heterocycles. The summed E-state index contributed by atoms with van der Waals surface area (Å²) in [5, 5.41) is 11.9. The lowest BCUT2D eigenvalue weighted by atomic mass is 10.0. The quantitative estimate of drug-likeness (QED) is 0.800. The van der Waals surface area contributed by atoms with Gasteiger partial charge in [-0.05, 0) is 30.2 Å². The minimum atomic E-state index is -0.831. The molecule has 0 bridgehead atoms. The molecule has 2 aromatic rings. The van der Waals surface area contributed by atoms with Crippen LogP contribution in [0, 0.1) is 0 Å². The highest BCUT2D eigenvalue weighted by Crippen LogP contribution is 2.12. The van der Waals surface area contributed by atoms with E-state index in [1.54, 1.807) is 7.05 Å². The summed E-state index contributed by atoms with van der Waals surface area (Å²) < 4.78 is 0. The molecule has 0 spiro atoms. The Kier molecular flexibility index (Phi) is 5.29. The van der Waals surface area contributed by atoms with Crippen molar-refractivity contribution in [2.45, 2.75) is 12.5 Å². The number of benzene rings is 2. The van der Waals surface area contributed by atoms with Crippen molar-refractivity contribution in [3.05, 3.63) is 71.3 Å². The van der Waals surface area contributed by atoms with Gasteiger partial charge in [0.25, 0.3) is 0 Å². The highest BCUT2D eigenvalue weighted by atomic mass is 16.4. The number of likely N-dealkylation sites (N-methyl/N-ethyl adjacent to an activating group) is 1. The maximum atomic E-state index is 11.1. The Morgan fingerprint density at radius 2 is 1.76 bits per heavy atom. The second-order valence-electron chi connectivity index (χ2n) is 4.87. The topological polar surface area (TPSA) is 49.3 Å². The third kappa shape index (κ3) is 4.58. The number of aliphatic carboxylic acids is 1. The van der Waals surface area contributed by atoms with Crippen LogP contribution in [-0.2, 0) is 11.2 Å². The van der Waals surface area contributed by atoms with Gasteiger partial charge in [0, 0.05) is 0 Å². The van der Waals surface area contributed by atoms with Crippen LogP contribution in [0.15, 0.2) is 54.6 Å². The average molecular weight is 281 g/mol. The second-order valence-corrected chi connectivity index (χ2v) is 4.87. The summed E-state index contributed by atoms with van der Waals surface area (Å²) in [5.41, 5.74) is 3.21. The highest BCUT2D eigenvalue weighted by molar-refractivity contribution is 5.74. The van der Waals surface area contributed by atoms with Crippen LogP contribution >= 0.6 is 0 Å². The monoisotopic (exact) mass is 281 g/mol. The molecule has 0 amide bonds. The van der Waals surface area contributed by atoms with Gasteiger partial charge in [0.05, 0.1) is 0 Å². The molecule has 0 radical (unpaired) electrons. The van der Waals surface area contributed by atoms with Crippen molar-refractivity contribution in [1.82, 2.24) is 5.32 Å². The number of carboxylic acid groups (broad SMARTS) is 1. The Hall–Kier alpha value is -2.39. The zero-order valence-electron chi connectivity index (χ0n) is 12.0. The van der Waals surface area contributed by atoms with Crippen molar-refractivity contribution in [3.63, 3.8) is 0 Å². The first-order valence-corrected chi connectivity index (χ1v) is 6.91. The Balaban J connectivity index is 2.11. The van der Waals surface area contributed by atoms with Gasteiger partial charge in [-0.25, -0.2) is 0 Å². The number of hydrogen-bond acceptors (Lipinski definition) is 2. The van der Waals surface area contributed by atoms with E-state index in [0.717, 1.165) is 16.7 Å². The van der Waals surface area contributed by atoms with Crippen LogP contribution in [0.3, 0.4) is 0 Å². The fourth-order valence-corrected chi connectivity index (χ4v) is 2.13. The molecule has 1 atom stereocenters. The molecule has 108 valence electrons. The van der Waals surface area contributed by atoms with Crippen LogP contribution in [0.4, 0.5) is 0 Å². The lowest BCUT2D eigenvalue weighted by Crippen LogP contribution is -2.35. The van der Waals surface area contributed by atoms with E-state index in [0.29, 0.717) is 6.42 Å².